The van der Waals surface area contributed by atoms with Crippen LogP contribution < -0.4 is 0 Å². The van der Waals surface area contributed by atoms with Gasteiger partial charge in [-0.25, -0.2) is 4.39 Å². The molecule has 1 aliphatic heterocycles. The first-order valence-corrected chi connectivity index (χ1v) is 12.1. The van der Waals surface area contributed by atoms with Crippen molar-refractivity contribution in [3.63, 3.8) is 0 Å². The summed E-state index contributed by atoms with van der Waals surface area (Å²) in [5.41, 5.74) is 2.27. The molecule has 1 saturated carbocycles. The van der Waals surface area contributed by atoms with Crippen LogP contribution in [0.1, 0.15) is 49.9 Å². The lowest BCUT2D eigenvalue weighted by Crippen LogP contribution is -2.42. The van der Waals surface area contributed by atoms with Gasteiger partial charge in [0.15, 0.2) is 5.78 Å². The summed E-state index contributed by atoms with van der Waals surface area (Å²) < 4.78 is 21.4. The summed E-state index contributed by atoms with van der Waals surface area (Å²) in [6.45, 7) is 3.81. The van der Waals surface area contributed by atoms with Crippen molar-refractivity contribution in [3.05, 3.63) is 59.2 Å². The van der Waals surface area contributed by atoms with Gasteiger partial charge in [-0.2, -0.15) is 17.7 Å². The number of hydrogen-bond acceptors (Lipinski definition) is 6. The number of carbonyl (C=O) groups is 2. The van der Waals surface area contributed by atoms with E-state index in [2.05, 4.69) is 10.00 Å². The van der Waals surface area contributed by atoms with E-state index in [4.69, 9.17) is 17.4 Å². The quantitative estimate of drug-likeness (QED) is 0.400. The van der Waals surface area contributed by atoms with Crippen molar-refractivity contribution >= 4 is 42.9 Å². The first-order chi connectivity index (χ1) is 16.0. The van der Waals surface area contributed by atoms with Crippen LogP contribution in [0.2, 0.25) is 0 Å². The Morgan fingerprint density at radius 3 is 2.74 bits per heavy atom. The van der Waals surface area contributed by atoms with E-state index in [9.17, 15) is 14.0 Å². The number of aromatic nitrogens is 2. The molecule has 2 atom stereocenters. The second-order valence-corrected chi connectivity index (χ2v) is 9.28. The lowest BCUT2D eigenvalue weighted by atomic mass is 9.93. The van der Waals surface area contributed by atoms with Gasteiger partial charge in [-0.05, 0) is 50.0 Å². The molecule has 0 amide bonds. The molecule has 2 fully saturated rings. The fraction of sp³-hybridized carbons (Fsp3) is 0.480. The van der Waals surface area contributed by atoms with Crippen molar-refractivity contribution < 1.29 is 18.7 Å². The summed E-state index contributed by atoms with van der Waals surface area (Å²) in [6.07, 6.45) is 6.63. The molecule has 0 radical (unpaired) electrons. The van der Waals surface area contributed by atoms with Crippen molar-refractivity contribution in [2.24, 2.45) is 5.92 Å². The van der Waals surface area contributed by atoms with E-state index >= 15 is 0 Å². The van der Waals surface area contributed by atoms with Crippen LogP contribution in [0.15, 0.2) is 42.1 Å². The summed E-state index contributed by atoms with van der Waals surface area (Å²) in [5, 5.41) is 4.58. The Labute approximate surface area is 211 Å². The van der Waals surface area contributed by atoms with Crippen LogP contribution in [0.5, 0.6) is 0 Å². The number of thiol groups is 1. The largest absolute Gasteiger partial charge is 0.466 e. The van der Waals surface area contributed by atoms with Crippen molar-refractivity contribution in [1.29, 1.82) is 0 Å². The van der Waals surface area contributed by atoms with E-state index in [1.54, 1.807) is 29.8 Å². The van der Waals surface area contributed by atoms with Gasteiger partial charge in [0.25, 0.3) is 0 Å². The Hall–Kier alpha value is -2.16. The zero-order valence-electron chi connectivity index (χ0n) is 19.2. The Balaban J connectivity index is 0.00000324. The minimum Gasteiger partial charge on any atom is -0.466 e. The van der Waals surface area contributed by atoms with E-state index < -0.39 is 6.04 Å². The molecular weight excluding hydrogens is 477 g/mol. The first kappa shape index (κ1) is 26.4. The number of piperidine rings is 1. The Morgan fingerprint density at radius 1 is 1.26 bits per heavy atom. The van der Waals surface area contributed by atoms with E-state index in [1.165, 1.54) is 6.07 Å². The molecule has 1 aliphatic carbocycles. The molecule has 1 unspecified atom stereocenters. The number of hydrogen-bond donors (Lipinski definition) is 1. The molecule has 2 aromatic rings. The van der Waals surface area contributed by atoms with Crippen molar-refractivity contribution in [1.82, 2.24) is 14.7 Å². The van der Waals surface area contributed by atoms with Gasteiger partial charge >= 0.3 is 5.97 Å². The lowest BCUT2D eigenvalue weighted by molar-refractivity contribution is -0.143. The Morgan fingerprint density at radius 2 is 2.03 bits per heavy atom. The number of aryl methyl sites for hydroxylation is 1. The number of benzene rings is 1. The predicted molar refractivity (Wildman–Crippen MR) is 135 cm³/mol. The molecular formula is C25H31ClFN3O3S. The van der Waals surface area contributed by atoms with E-state index in [-0.39, 0.29) is 47.6 Å². The molecule has 4 rings (SSSR count). The molecule has 0 spiro atoms. The number of ketones is 1. The minimum absolute atomic E-state index is 0. The fourth-order valence-corrected chi connectivity index (χ4v) is 4.55. The van der Waals surface area contributed by atoms with Crippen LogP contribution >= 0.6 is 25.0 Å². The zero-order valence-corrected chi connectivity index (χ0v) is 20.9. The predicted octanol–water partition coefficient (Wildman–Crippen LogP) is 4.51. The molecule has 2 aliphatic rings. The molecule has 1 aromatic carbocycles. The molecule has 184 valence electrons. The van der Waals surface area contributed by atoms with Gasteiger partial charge in [0.1, 0.15) is 5.82 Å². The Kier molecular flexibility index (Phi) is 9.33. The van der Waals surface area contributed by atoms with Crippen LogP contribution in [0.25, 0.3) is 6.08 Å². The smallest absolute Gasteiger partial charge is 0.307 e. The van der Waals surface area contributed by atoms with Crippen molar-refractivity contribution in [2.45, 2.75) is 50.4 Å². The SMILES string of the molecule is CCOC(=O)CCn1ccc(C=C2CN(C(C(=O)C3CC3)c3ccccc3F)CC[C@@H]2S)n1.Cl. The number of Topliss-reactive ketones (excluding diaryl/α,β-unsaturated/α-hetero) is 1. The molecule has 0 N–H and O–H groups in total. The van der Waals surface area contributed by atoms with E-state index in [1.807, 2.05) is 18.3 Å². The van der Waals surface area contributed by atoms with Gasteiger partial charge in [-0.15, -0.1) is 12.4 Å². The van der Waals surface area contributed by atoms with Gasteiger partial charge in [0.2, 0.25) is 0 Å². The summed E-state index contributed by atoms with van der Waals surface area (Å²) in [4.78, 5) is 26.8. The van der Waals surface area contributed by atoms with Gasteiger partial charge in [-0.1, -0.05) is 18.2 Å². The highest BCUT2D eigenvalue weighted by molar-refractivity contribution is 7.81. The molecule has 2 heterocycles. The van der Waals surface area contributed by atoms with Gasteiger partial charge in [-0.3, -0.25) is 19.2 Å². The van der Waals surface area contributed by atoms with Crippen molar-refractivity contribution in [2.75, 3.05) is 19.7 Å². The maximum Gasteiger partial charge on any atom is 0.307 e. The number of halogens is 2. The highest BCUT2D eigenvalue weighted by Crippen LogP contribution is 2.39. The zero-order chi connectivity index (χ0) is 23.4. The summed E-state index contributed by atoms with van der Waals surface area (Å²) in [7, 11) is 0. The number of likely N-dealkylation sites (tertiary alicyclic amines) is 1. The highest BCUT2D eigenvalue weighted by Gasteiger charge is 2.40. The van der Waals surface area contributed by atoms with E-state index in [0.717, 1.165) is 30.5 Å². The normalized spacial score (nSPS) is 20.6. The van der Waals surface area contributed by atoms with Gasteiger partial charge < -0.3 is 4.74 Å². The second-order valence-electron chi connectivity index (χ2n) is 8.65. The van der Waals surface area contributed by atoms with Crippen molar-refractivity contribution in [3.8, 4) is 0 Å². The number of rotatable bonds is 9. The third-order valence-corrected chi connectivity index (χ3v) is 6.75. The first-order valence-electron chi connectivity index (χ1n) is 11.6. The molecule has 0 bridgehead atoms. The molecule has 34 heavy (non-hydrogen) atoms. The highest BCUT2D eigenvalue weighted by atomic mass is 35.5. The monoisotopic (exact) mass is 507 g/mol. The second kappa shape index (κ2) is 12.0. The maximum absolute atomic E-state index is 14.7. The van der Waals surface area contributed by atoms with Crippen LogP contribution in [0.3, 0.4) is 0 Å². The summed E-state index contributed by atoms with van der Waals surface area (Å²) >= 11 is 4.76. The average molecular weight is 508 g/mol. The molecule has 1 aromatic heterocycles. The minimum atomic E-state index is -0.579. The third kappa shape index (κ3) is 6.49. The van der Waals surface area contributed by atoms with Crippen LogP contribution in [-0.4, -0.2) is 51.4 Å². The van der Waals surface area contributed by atoms with Gasteiger partial charge in [0, 0.05) is 36.0 Å². The number of carbonyl (C=O) groups excluding carboxylic acids is 2. The average Bonchev–Trinajstić information content (AvgIpc) is 3.56. The molecule has 6 nitrogen and oxygen atoms in total. The lowest BCUT2D eigenvalue weighted by Gasteiger charge is -2.37. The number of ether oxygens (including phenoxy) is 1. The summed E-state index contributed by atoms with van der Waals surface area (Å²) in [6, 6.07) is 7.90. The van der Waals surface area contributed by atoms with Crippen LogP contribution in [-0.2, 0) is 20.9 Å². The maximum atomic E-state index is 14.7. The van der Waals surface area contributed by atoms with Crippen LogP contribution in [0.4, 0.5) is 4.39 Å². The fourth-order valence-electron chi connectivity index (χ4n) is 4.28. The number of nitrogens with zero attached hydrogens (tertiary/aromatic N) is 3. The van der Waals surface area contributed by atoms with Gasteiger partial charge in [0.05, 0.1) is 31.3 Å². The topological polar surface area (TPSA) is 64.4 Å². The standard InChI is InChI=1S/C25H30FN3O3S.ClH/c1-2-32-23(30)11-14-29-13-9-19(27-29)15-18-16-28(12-10-22(18)33)24(25(31)17-7-8-17)20-5-3-4-6-21(20)26;/h3-6,9,13,15,17,22,24,33H,2,7-8,10-12,14,16H2,1H3;1H/t22-,24?;/m0./s1. The Bertz CT molecular complexity index is 1040. The summed E-state index contributed by atoms with van der Waals surface area (Å²) in [5.74, 6) is -0.438. The van der Waals surface area contributed by atoms with E-state index in [0.29, 0.717) is 31.8 Å². The molecule has 1 saturated heterocycles. The molecule has 9 heteroatoms. The van der Waals surface area contributed by atoms with Crippen LogP contribution in [0, 0.1) is 11.7 Å². The number of esters is 1. The third-order valence-electron chi connectivity index (χ3n) is 6.16.